The Bertz CT molecular complexity index is 842. The summed E-state index contributed by atoms with van der Waals surface area (Å²) >= 11 is 0. The molecule has 0 amide bonds. The maximum Gasteiger partial charge on any atom is 0.357 e. The zero-order valence-electron chi connectivity index (χ0n) is 21.6. The summed E-state index contributed by atoms with van der Waals surface area (Å²) in [6.45, 7) is 2.28. The lowest BCUT2D eigenvalue weighted by atomic mass is 10.0. The Kier molecular flexibility index (Phi) is 14.8. The van der Waals surface area contributed by atoms with Gasteiger partial charge in [0, 0.05) is 0 Å². The molecule has 2 aromatic rings. The quantitative estimate of drug-likeness (QED) is 0.144. The summed E-state index contributed by atoms with van der Waals surface area (Å²) in [7, 11) is -4.30. The van der Waals surface area contributed by atoms with Gasteiger partial charge in [-0.2, -0.15) is 0 Å². The molecule has 0 bridgehead atoms. The van der Waals surface area contributed by atoms with Crippen molar-refractivity contribution in [2.24, 2.45) is 0 Å². The van der Waals surface area contributed by atoms with Gasteiger partial charge in [0.2, 0.25) is 0 Å². The first-order valence-electron chi connectivity index (χ1n) is 14.1. The first-order valence-corrected chi connectivity index (χ1v) is 15.7. The zero-order chi connectivity index (χ0) is 24.5. The third kappa shape index (κ3) is 11.5. The van der Waals surface area contributed by atoms with Crippen LogP contribution in [0.2, 0.25) is 0 Å². The van der Waals surface area contributed by atoms with Crippen LogP contribution in [0.3, 0.4) is 0 Å². The summed E-state index contributed by atoms with van der Waals surface area (Å²) in [5.74, 6) is 0. The van der Waals surface area contributed by atoms with E-state index in [1.165, 1.54) is 103 Å². The molecular formula is C30H49O3P. The number of benzene rings is 2. The Hall–Kier alpha value is -1.15. The first kappa shape index (κ1) is 29.1. The Morgan fingerprint density at radius 1 is 0.588 bits per heavy atom. The fourth-order valence-electron chi connectivity index (χ4n) is 5.06. The number of hydrogen-bond donors (Lipinski definition) is 2. The summed E-state index contributed by atoms with van der Waals surface area (Å²) in [4.78, 5) is 19.9. The Labute approximate surface area is 208 Å². The largest absolute Gasteiger partial charge is 0.357 e. The molecule has 0 aliphatic carbocycles. The molecule has 192 valence electrons. The van der Waals surface area contributed by atoms with E-state index in [9.17, 15) is 14.4 Å². The van der Waals surface area contributed by atoms with Gasteiger partial charge in [-0.05, 0) is 29.2 Å². The van der Waals surface area contributed by atoms with Crippen molar-refractivity contribution >= 4 is 23.7 Å². The van der Waals surface area contributed by atoms with E-state index in [-0.39, 0.29) is 5.30 Å². The highest BCUT2D eigenvalue weighted by Crippen LogP contribution is 2.38. The Morgan fingerprint density at radius 3 is 1.50 bits per heavy atom. The van der Waals surface area contributed by atoms with E-state index in [0.29, 0.717) is 5.39 Å². The van der Waals surface area contributed by atoms with Crippen molar-refractivity contribution in [2.45, 2.75) is 129 Å². The Morgan fingerprint density at radius 2 is 1.03 bits per heavy atom. The highest BCUT2D eigenvalue weighted by atomic mass is 31.2. The third-order valence-corrected chi connectivity index (χ3v) is 8.19. The monoisotopic (exact) mass is 488 g/mol. The molecule has 0 radical (unpaired) electrons. The van der Waals surface area contributed by atoms with Gasteiger partial charge in [-0.1, -0.05) is 152 Å². The number of rotatable bonds is 20. The molecule has 0 heterocycles. The van der Waals surface area contributed by atoms with Crippen LogP contribution in [0, 0.1) is 0 Å². The zero-order valence-corrected chi connectivity index (χ0v) is 22.5. The van der Waals surface area contributed by atoms with E-state index in [0.717, 1.165) is 30.2 Å². The molecule has 0 saturated carbocycles. The van der Waals surface area contributed by atoms with Crippen molar-refractivity contribution in [2.75, 3.05) is 0 Å². The van der Waals surface area contributed by atoms with Crippen LogP contribution in [0.25, 0.3) is 10.8 Å². The van der Waals surface area contributed by atoms with Gasteiger partial charge in [-0.3, -0.25) is 4.57 Å². The van der Waals surface area contributed by atoms with Crippen molar-refractivity contribution in [3.63, 3.8) is 0 Å². The van der Waals surface area contributed by atoms with E-state index < -0.39 is 7.60 Å². The molecule has 0 spiro atoms. The number of aryl methyl sites for hydroxylation is 1. The van der Waals surface area contributed by atoms with Gasteiger partial charge in [0.1, 0.15) is 0 Å². The maximum absolute atomic E-state index is 12.2. The summed E-state index contributed by atoms with van der Waals surface area (Å²) in [6.07, 6.45) is 25.0. The van der Waals surface area contributed by atoms with Gasteiger partial charge in [0.05, 0.1) is 5.30 Å². The van der Waals surface area contributed by atoms with Crippen LogP contribution in [0.4, 0.5) is 0 Å². The van der Waals surface area contributed by atoms with Gasteiger partial charge in [0.15, 0.2) is 0 Å². The van der Waals surface area contributed by atoms with E-state index in [1.54, 1.807) is 0 Å². The highest BCUT2D eigenvalue weighted by Gasteiger charge is 2.24. The average Bonchev–Trinajstić information content (AvgIpc) is 2.82. The highest BCUT2D eigenvalue weighted by molar-refractivity contribution is 7.61. The van der Waals surface area contributed by atoms with Gasteiger partial charge < -0.3 is 9.79 Å². The van der Waals surface area contributed by atoms with Crippen molar-refractivity contribution in [1.29, 1.82) is 0 Å². The molecule has 0 aliphatic heterocycles. The minimum absolute atomic E-state index is 0.234. The molecule has 0 saturated heterocycles. The summed E-state index contributed by atoms with van der Waals surface area (Å²) < 4.78 is 12.2. The van der Waals surface area contributed by atoms with Gasteiger partial charge in [-0.25, -0.2) is 0 Å². The molecule has 0 unspecified atom stereocenters. The fraction of sp³-hybridized carbons (Fsp3) is 0.667. The molecule has 0 fully saturated rings. The molecule has 3 nitrogen and oxygen atoms in total. The predicted octanol–water partition coefficient (Wildman–Crippen LogP) is 9.23. The van der Waals surface area contributed by atoms with Crippen molar-refractivity contribution in [3.8, 4) is 0 Å². The van der Waals surface area contributed by atoms with Gasteiger partial charge >= 0.3 is 7.60 Å². The SMILES string of the molecule is CCCCCCCCCCCCCCCCCCCCc1ccc2ccccc2c1P(=O)(O)O. The molecule has 2 aromatic carbocycles. The normalized spacial score (nSPS) is 12.0. The van der Waals surface area contributed by atoms with Crippen LogP contribution < -0.4 is 5.30 Å². The van der Waals surface area contributed by atoms with Gasteiger partial charge in [0.25, 0.3) is 0 Å². The average molecular weight is 489 g/mol. The summed E-state index contributed by atoms with van der Waals surface area (Å²) in [5, 5.41) is 1.82. The summed E-state index contributed by atoms with van der Waals surface area (Å²) in [6, 6.07) is 11.4. The second-order valence-corrected chi connectivity index (χ2v) is 11.6. The van der Waals surface area contributed by atoms with Crippen LogP contribution in [-0.2, 0) is 11.0 Å². The number of fused-ring (bicyclic) bond motifs is 1. The molecule has 0 aromatic heterocycles. The van der Waals surface area contributed by atoms with Crippen LogP contribution in [0.1, 0.15) is 128 Å². The van der Waals surface area contributed by atoms with Crippen molar-refractivity contribution in [3.05, 3.63) is 42.0 Å². The van der Waals surface area contributed by atoms with E-state index in [4.69, 9.17) is 0 Å². The summed E-state index contributed by atoms with van der Waals surface area (Å²) in [5.41, 5.74) is 0.809. The lowest BCUT2D eigenvalue weighted by Gasteiger charge is -2.14. The maximum atomic E-state index is 12.2. The van der Waals surface area contributed by atoms with Gasteiger partial charge in [-0.15, -0.1) is 0 Å². The molecule has 2 N–H and O–H groups in total. The number of unbranched alkanes of at least 4 members (excludes halogenated alkanes) is 17. The molecule has 0 aliphatic rings. The van der Waals surface area contributed by atoms with Crippen LogP contribution in [0.15, 0.2) is 36.4 Å². The lowest BCUT2D eigenvalue weighted by Crippen LogP contribution is -2.12. The standard InChI is InChI=1S/C30H49O3P/c1-2-3-4-5-6-7-8-9-10-11-12-13-14-15-16-17-18-19-23-28-26-25-27-22-20-21-24-29(27)30(28)34(31,32)33/h20-22,24-26H,2-19,23H2,1H3,(H2,31,32,33). The molecule has 0 atom stereocenters. The minimum Gasteiger partial charge on any atom is -0.321 e. The predicted molar refractivity (Wildman–Crippen MR) is 148 cm³/mol. The van der Waals surface area contributed by atoms with E-state index in [1.807, 2.05) is 36.4 Å². The second kappa shape index (κ2) is 17.3. The lowest BCUT2D eigenvalue weighted by molar-refractivity contribution is 0.387. The van der Waals surface area contributed by atoms with Crippen LogP contribution in [-0.4, -0.2) is 9.79 Å². The van der Waals surface area contributed by atoms with Crippen LogP contribution >= 0.6 is 7.60 Å². The number of hydrogen-bond acceptors (Lipinski definition) is 1. The molecular weight excluding hydrogens is 439 g/mol. The fourth-order valence-corrected chi connectivity index (χ4v) is 6.14. The smallest absolute Gasteiger partial charge is 0.321 e. The minimum atomic E-state index is -4.30. The Balaban J connectivity index is 1.48. The van der Waals surface area contributed by atoms with E-state index in [2.05, 4.69) is 6.92 Å². The topological polar surface area (TPSA) is 57.5 Å². The third-order valence-electron chi connectivity index (χ3n) is 7.08. The molecule has 2 rings (SSSR count). The second-order valence-electron chi connectivity index (χ2n) is 10.1. The first-order chi connectivity index (χ1) is 16.5. The molecule has 4 heteroatoms. The van der Waals surface area contributed by atoms with Crippen molar-refractivity contribution < 1.29 is 14.4 Å². The molecule has 34 heavy (non-hydrogen) atoms. The van der Waals surface area contributed by atoms with Crippen LogP contribution in [0.5, 0.6) is 0 Å². The van der Waals surface area contributed by atoms with E-state index >= 15 is 0 Å². The van der Waals surface area contributed by atoms with Crippen molar-refractivity contribution in [1.82, 2.24) is 0 Å².